The predicted molar refractivity (Wildman–Crippen MR) is 77.7 cm³/mol. The molecule has 102 valence electrons. The zero-order chi connectivity index (χ0) is 13.8. The molecule has 0 saturated carbocycles. The Morgan fingerprint density at radius 2 is 2.21 bits per heavy atom. The first-order valence-electron chi connectivity index (χ1n) is 6.61. The fraction of sp³-hybridized carbons (Fsp3) is 0.429. The molecule has 2 aromatic rings. The number of carbonyl (C=O) groups excluding carboxylic acids is 1. The number of hydrogen-bond acceptors (Lipinski definition) is 2. The molecule has 1 heterocycles. The summed E-state index contributed by atoms with van der Waals surface area (Å²) < 4.78 is 1.91. The zero-order valence-corrected chi connectivity index (χ0v) is 12.0. The number of halogens is 1. The van der Waals surface area contributed by atoms with Crippen molar-refractivity contribution in [3.63, 3.8) is 0 Å². The Labute approximate surface area is 117 Å². The molecule has 4 nitrogen and oxygen atoms in total. The molecule has 0 aliphatic carbocycles. The normalized spacial score (nSPS) is 10.9. The van der Waals surface area contributed by atoms with E-state index in [1.54, 1.807) is 6.07 Å². The summed E-state index contributed by atoms with van der Waals surface area (Å²) in [5.41, 5.74) is 2.34. The van der Waals surface area contributed by atoms with Gasteiger partial charge in [0.05, 0.1) is 11.0 Å². The molecule has 1 aromatic heterocycles. The number of carbonyl (C=O) groups is 1. The van der Waals surface area contributed by atoms with Crippen LogP contribution in [0.25, 0.3) is 11.0 Å². The highest BCUT2D eigenvalue weighted by Gasteiger charge is 2.11. The summed E-state index contributed by atoms with van der Waals surface area (Å²) in [7, 11) is 0. The van der Waals surface area contributed by atoms with E-state index < -0.39 is 0 Å². The van der Waals surface area contributed by atoms with E-state index >= 15 is 0 Å². The summed E-state index contributed by atoms with van der Waals surface area (Å²) >= 11 is 6.05. The minimum Gasteiger partial charge on any atom is -0.352 e. The third kappa shape index (κ3) is 2.89. The van der Waals surface area contributed by atoms with Gasteiger partial charge in [0.1, 0.15) is 0 Å². The van der Waals surface area contributed by atoms with Gasteiger partial charge in [-0.3, -0.25) is 4.79 Å². The average molecular weight is 280 g/mol. The number of hydrogen-bond donors (Lipinski definition) is 1. The monoisotopic (exact) mass is 279 g/mol. The van der Waals surface area contributed by atoms with Gasteiger partial charge in [-0.15, -0.1) is 0 Å². The maximum atomic E-state index is 11.9. The van der Waals surface area contributed by atoms with E-state index in [1.807, 2.05) is 23.6 Å². The average Bonchev–Trinajstić information content (AvgIpc) is 2.73. The van der Waals surface area contributed by atoms with Crippen LogP contribution < -0.4 is 5.32 Å². The van der Waals surface area contributed by atoms with E-state index in [1.165, 1.54) is 0 Å². The van der Waals surface area contributed by atoms with Crippen molar-refractivity contribution >= 4 is 28.5 Å². The highest BCUT2D eigenvalue weighted by atomic mass is 35.5. The van der Waals surface area contributed by atoms with Crippen molar-refractivity contribution in [1.29, 1.82) is 0 Å². The molecule has 1 amide bonds. The quantitative estimate of drug-likeness (QED) is 0.854. The topological polar surface area (TPSA) is 46.9 Å². The second-order valence-electron chi connectivity index (χ2n) is 4.44. The lowest BCUT2D eigenvalue weighted by atomic mass is 10.2. The number of nitrogens with zero attached hydrogens (tertiary/aromatic N) is 2. The van der Waals surface area contributed by atoms with Crippen molar-refractivity contribution in [3.8, 4) is 0 Å². The molecule has 0 spiro atoms. The largest absolute Gasteiger partial charge is 0.352 e. The Bertz CT molecular complexity index is 592. The first-order chi connectivity index (χ1) is 9.17. The fourth-order valence-electron chi connectivity index (χ4n) is 2.02. The Hall–Kier alpha value is -1.55. The Balaban J connectivity index is 2.24. The van der Waals surface area contributed by atoms with Gasteiger partial charge in [-0.2, -0.15) is 0 Å². The van der Waals surface area contributed by atoms with Gasteiger partial charge >= 0.3 is 0 Å². The molecule has 1 N–H and O–H groups in total. The highest BCUT2D eigenvalue weighted by Crippen LogP contribution is 2.20. The van der Waals surface area contributed by atoms with Crippen LogP contribution in [0.5, 0.6) is 0 Å². The number of unbranched alkanes of at least 4 members (excludes halogenated alkanes) is 1. The highest BCUT2D eigenvalue weighted by molar-refractivity contribution is 6.29. The van der Waals surface area contributed by atoms with E-state index in [9.17, 15) is 4.79 Å². The first kappa shape index (κ1) is 13.9. The number of fused-ring (bicyclic) bond motifs is 1. The second kappa shape index (κ2) is 6.06. The van der Waals surface area contributed by atoms with Gasteiger partial charge < -0.3 is 9.88 Å². The third-order valence-corrected chi connectivity index (χ3v) is 3.38. The van der Waals surface area contributed by atoms with Crippen molar-refractivity contribution in [2.24, 2.45) is 0 Å². The number of benzene rings is 1. The van der Waals surface area contributed by atoms with Crippen molar-refractivity contribution in [1.82, 2.24) is 14.9 Å². The molecule has 0 bridgehead atoms. The van der Waals surface area contributed by atoms with E-state index in [0.29, 0.717) is 17.4 Å². The van der Waals surface area contributed by atoms with Gasteiger partial charge in [0.2, 0.25) is 5.28 Å². The maximum absolute atomic E-state index is 11.9. The SMILES string of the molecule is CCCCNC(=O)c1ccc2c(c1)nc(Cl)n2CC. The van der Waals surface area contributed by atoms with E-state index in [2.05, 4.69) is 17.2 Å². The minimum absolute atomic E-state index is 0.0579. The number of aromatic nitrogens is 2. The van der Waals surface area contributed by atoms with Gasteiger partial charge in [0, 0.05) is 18.7 Å². The Kier molecular flexibility index (Phi) is 4.43. The molecule has 0 saturated heterocycles. The summed E-state index contributed by atoms with van der Waals surface area (Å²) in [6, 6.07) is 5.49. The van der Waals surface area contributed by atoms with Gasteiger partial charge in [0.25, 0.3) is 5.91 Å². The van der Waals surface area contributed by atoms with Crippen molar-refractivity contribution < 1.29 is 4.79 Å². The maximum Gasteiger partial charge on any atom is 0.251 e. The summed E-state index contributed by atoms with van der Waals surface area (Å²) in [6.07, 6.45) is 2.06. The van der Waals surface area contributed by atoms with Gasteiger partial charge in [-0.1, -0.05) is 13.3 Å². The van der Waals surface area contributed by atoms with Crippen molar-refractivity contribution in [2.45, 2.75) is 33.2 Å². The summed E-state index contributed by atoms with van der Waals surface area (Å²) in [6.45, 7) is 5.57. The fourth-order valence-corrected chi connectivity index (χ4v) is 2.32. The van der Waals surface area contributed by atoms with E-state index in [4.69, 9.17) is 11.6 Å². The van der Waals surface area contributed by atoms with Gasteiger partial charge in [-0.25, -0.2) is 4.98 Å². The van der Waals surface area contributed by atoms with Crippen molar-refractivity contribution in [2.75, 3.05) is 6.54 Å². The number of amides is 1. The molecule has 0 aliphatic heterocycles. The van der Waals surface area contributed by atoms with E-state index in [-0.39, 0.29) is 5.91 Å². The van der Waals surface area contributed by atoms with Crippen LogP contribution in [0.1, 0.15) is 37.0 Å². The number of nitrogens with one attached hydrogen (secondary N) is 1. The lowest BCUT2D eigenvalue weighted by molar-refractivity contribution is 0.0953. The lowest BCUT2D eigenvalue weighted by Gasteiger charge is -2.05. The molecule has 0 fully saturated rings. The van der Waals surface area contributed by atoms with Gasteiger partial charge in [-0.05, 0) is 43.1 Å². The molecule has 0 unspecified atom stereocenters. The molecule has 0 aliphatic rings. The minimum atomic E-state index is -0.0579. The Morgan fingerprint density at radius 1 is 1.42 bits per heavy atom. The molecule has 2 rings (SSSR count). The predicted octanol–water partition coefficient (Wildman–Crippen LogP) is 3.24. The third-order valence-electron chi connectivity index (χ3n) is 3.10. The molecule has 0 atom stereocenters. The van der Waals surface area contributed by atoms with E-state index in [0.717, 1.165) is 30.4 Å². The second-order valence-corrected chi connectivity index (χ2v) is 4.78. The number of imidazole rings is 1. The van der Waals surface area contributed by atoms with Crippen LogP contribution in [0.4, 0.5) is 0 Å². The summed E-state index contributed by atoms with van der Waals surface area (Å²) in [5, 5.41) is 3.35. The van der Waals surface area contributed by atoms with Crippen LogP contribution >= 0.6 is 11.6 Å². The molecule has 0 radical (unpaired) electrons. The summed E-state index contributed by atoms with van der Waals surface area (Å²) in [5.74, 6) is -0.0579. The van der Waals surface area contributed by atoms with Crippen LogP contribution in [0.3, 0.4) is 0 Å². The van der Waals surface area contributed by atoms with Crippen LogP contribution in [0, 0.1) is 0 Å². The molecular weight excluding hydrogens is 262 g/mol. The molecule has 19 heavy (non-hydrogen) atoms. The molecular formula is C14H18ClN3O. The summed E-state index contributed by atoms with van der Waals surface area (Å²) in [4.78, 5) is 16.2. The number of aryl methyl sites for hydroxylation is 1. The van der Waals surface area contributed by atoms with Crippen LogP contribution in [-0.2, 0) is 6.54 Å². The molecule has 1 aromatic carbocycles. The molecule has 5 heteroatoms. The lowest BCUT2D eigenvalue weighted by Crippen LogP contribution is -2.24. The Morgan fingerprint density at radius 3 is 2.89 bits per heavy atom. The van der Waals surface area contributed by atoms with Gasteiger partial charge in [0.15, 0.2) is 0 Å². The standard InChI is InChI=1S/C14H18ClN3O/c1-3-5-8-16-13(19)10-6-7-12-11(9-10)17-14(15)18(12)4-2/h6-7,9H,3-5,8H2,1-2H3,(H,16,19). The smallest absolute Gasteiger partial charge is 0.251 e. The van der Waals surface area contributed by atoms with Crippen LogP contribution in [0.2, 0.25) is 5.28 Å². The van der Waals surface area contributed by atoms with Crippen LogP contribution in [-0.4, -0.2) is 22.0 Å². The zero-order valence-electron chi connectivity index (χ0n) is 11.2. The van der Waals surface area contributed by atoms with Crippen LogP contribution in [0.15, 0.2) is 18.2 Å². The number of rotatable bonds is 5. The van der Waals surface area contributed by atoms with Crippen molar-refractivity contribution in [3.05, 3.63) is 29.0 Å². The first-order valence-corrected chi connectivity index (χ1v) is 6.99.